The van der Waals surface area contributed by atoms with Crippen LogP contribution in [-0.4, -0.2) is 0 Å². The molecule has 0 aromatic heterocycles. The summed E-state index contributed by atoms with van der Waals surface area (Å²) in [5.41, 5.74) is 1.15. The van der Waals surface area contributed by atoms with E-state index in [9.17, 15) is 0 Å². The van der Waals surface area contributed by atoms with E-state index in [1.165, 1.54) is 0 Å². The Morgan fingerprint density at radius 1 is 1.44 bits per heavy atom. The molecule has 0 spiro atoms. The van der Waals surface area contributed by atoms with E-state index in [1.54, 1.807) is 0 Å². The lowest BCUT2D eigenvalue weighted by molar-refractivity contribution is 1.08. The van der Waals surface area contributed by atoms with Crippen LogP contribution in [0.15, 0.2) is 24.3 Å². The molecule has 1 atom stereocenters. The Morgan fingerprint density at radius 3 is 2.33 bits per heavy atom. The molecular weight excluding hydrogens is 132 g/mol. The topological polar surface area (TPSA) is 0 Å². The summed E-state index contributed by atoms with van der Waals surface area (Å²) in [5.74, 6) is 0. The van der Waals surface area contributed by atoms with Gasteiger partial charge in [0, 0.05) is 0 Å². The van der Waals surface area contributed by atoms with Crippen molar-refractivity contribution in [2.45, 2.75) is 12.3 Å². The molecule has 1 radical (unpaired) electrons. The summed E-state index contributed by atoms with van der Waals surface area (Å²) in [6.45, 7) is 1.96. The standard InChI is InChI=1S/C8H8Cl/c1-7(9)8-5-3-2-4-6-8/h3-7H,1H3. The average molecular weight is 140 g/mol. The smallest absolute Gasteiger partial charge is 0.0557 e. The predicted molar refractivity (Wildman–Crippen MR) is 39.5 cm³/mol. The van der Waals surface area contributed by atoms with Gasteiger partial charge in [-0.15, -0.1) is 11.6 Å². The molecule has 1 heteroatoms. The highest BCUT2D eigenvalue weighted by Gasteiger charge is 1.96. The third-order valence-electron chi connectivity index (χ3n) is 1.20. The number of hydrogen-bond donors (Lipinski definition) is 0. The largest absolute Gasteiger partial charge is 0.118 e. The molecular formula is C8H8Cl. The van der Waals surface area contributed by atoms with Crippen LogP contribution in [0.5, 0.6) is 0 Å². The van der Waals surface area contributed by atoms with Crippen molar-refractivity contribution in [1.29, 1.82) is 0 Å². The van der Waals surface area contributed by atoms with Gasteiger partial charge in [0.25, 0.3) is 0 Å². The van der Waals surface area contributed by atoms with E-state index in [0.717, 1.165) is 5.56 Å². The molecule has 0 bridgehead atoms. The van der Waals surface area contributed by atoms with E-state index in [-0.39, 0.29) is 5.38 Å². The van der Waals surface area contributed by atoms with Gasteiger partial charge in [0.05, 0.1) is 5.38 Å². The van der Waals surface area contributed by atoms with E-state index in [2.05, 4.69) is 6.07 Å². The van der Waals surface area contributed by atoms with Gasteiger partial charge in [-0.05, 0) is 18.6 Å². The fraction of sp³-hybridized carbons (Fsp3) is 0.250. The molecule has 1 rings (SSSR count). The van der Waals surface area contributed by atoms with Crippen LogP contribution in [0.2, 0.25) is 0 Å². The average Bonchev–Trinajstić information content (AvgIpc) is 1.90. The molecule has 0 saturated carbocycles. The molecule has 0 saturated heterocycles. The molecule has 9 heavy (non-hydrogen) atoms. The van der Waals surface area contributed by atoms with Crippen LogP contribution in [0.25, 0.3) is 0 Å². The van der Waals surface area contributed by atoms with Gasteiger partial charge in [0.2, 0.25) is 0 Å². The fourth-order valence-electron chi connectivity index (χ4n) is 0.665. The van der Waals surface area contributed by atoms with Gasteiger partial charge in [-0.1, -0.05) is 24.3 Å². The van der Waals surface area contributed by atoms with Crippen molar-refractivity contribution in [2.75, 3.05) is 0 Å². The van der Waals surface area contributed by atoms with Crippen LogP contribution in [-0.2, 0) is 0 Å². The van der Waals surface area contributed by atoms with Crippen molar-refractivity contribution < 1.29 is 0 Å². The highest BCUT2D eigenvalue weighted by atomic mass is 35.5. The van der Waals surface area contributed by atoms with Crippen LogP contribution in [0.4, 0.5) is 0 Å². The van der Waals surface area contributed by atoms with Crippen molar-refractivity contribution in [3.63, 3.8) is 0 Å². The summed E-state index contributed by atoms with van der Waals surface area (Å²) < 4.78 is 0. The highest BCUT2D eigenvalue weighted by Crippen LogP contribution is 2.17. The van der Waals surface area contributed by atoms with Gasteiger partial charge < -0.3 is 0 Å². The monoisotopic (exact) mass is 139 g/mol. The second kappa shape index (κ2) is 2.88. The number of rotatable bonds is 1. The third-order valence-corrected chi connectivity index (χ3v) is 1.46. The third kappa shape index (κ3) is 1.72. The minimum atomic E-state index is 0.111. The molecule has 0 aliphatic carbocycles. The van der Waals surface area contributed by atoms with Gasteiger partial charge in [-0.25, -0.2) is 0 Å². The zero-order valence-electron chi connectivity index (χ0n) is 5.26. The van der Waals surface area contributed by atoms with Crippen LogP contribution in [0.3, 0.4) is 0 Å². The molecule has 0 aliphatic rings. The van der Waals surface area contributed by atoms with E-state index < -0.39 is 0 Å². The van der Waals surface area contributed by atoms with Gasteiger partial charge in [-0.2, -0.15) is 0 Å². The lowest BCUT2D eigenvalue weighted by atomic mass is 10.2. The van der Waals surface area contributed by atoms with E-state index in [4.69, 9.17) is 11.6 Å². The normalized spacial score (nSPS) is 13.1. The first-order valence-electron chi connectivity index (χ1n) is 2.91. The van der Waals surface area contributed by atoms with Crippen LogP contribution in [0, 0.1) is 6.07 Å². The van der Waals surface area contributed by atoms with Crippen LogP contribution >= 0.6 is 11.6 Å². The molecule has 0 aliphatic heterocycles. The summed E-state index contributed by atoms with van der Waals surface area (Å²) >= 11 is 5.79. The lowest BCUT2D eigenvalue weighted by Crippen LogP contribution is -1.80. The first-order chi connectivity index (χ1) is 4.30. The van der Waals surface area contributed by atoms with E-state index in [0.29, 0.717) is 0 Å². The molecule has 0 amide bonds. The maximum Gasteiger partial charge on any atom is 0.0557 e. The zero-order chi connectivity index (χ0) is 6.69. The fourth-order valence-corrected chi connectivity index (χ4v) is 0.810. The van der Waals surface area contributed by atoms with Gasteiger partial charge in [-0.3, -0.25) is 0 Å². The molecule has 0 N–H and O–H groups in total. The van der Waals surface area contributed by atoms with Crippen molar-refractivity contribution >= 4 is 11.6 Å². The predicted octanol–water partition coefficient (Wildman–Crippen LogP) is 2.79. The molecule has 0 fully saturated rings. The first kappa shape index (κ1) is 6.63. The Kier molecular flexibility index (Phi) is 2.12. The summed E-state index contributed by atoms with van der Waals surface area (Å²) in [6, 6.07) is 10.6. The van der Waals surface area contributed by atoms with E-state index in [1.807, 2.05) is 31.2 Å². The molecule has 1 aromatic carbocycles. The summed E-state index contributed by atoms with van der Waals surface area (Å²) in [4.78, 5) is 0. The van der Waals surface area contributed by atoms with Gasteiger partial charge in [0.1, 0.15) is 0 Å². The van der Waals surface area contributed by atoms with Crippen molar-refractivity contribution in [3.8, 4) is 0 Å². The minimum Gasteiger partial charge on any atom is -0.118 e. The zero-order valence-corrected chi connectivity index (χ0v) is 6.02. The SMILES string of the molecule is CC(Cl)c1cc[c]cc1. The van der Waals surface area contributed by atoms with Crippen LogP contribution < -0.4 is 0 Å². The quantitative estimate of drug-likeness (QED) is 0.525. The van der Waals surface area contributed by atoms with Crippen molar-refractivity contribution in [1.82, 2.24) is 0 Å². The molecule has 47 valence electrons. The molecule has 1 aromatic rings. The van der Waals surface area contributed by atoms with Crippen molar-refractivity contribution in [3.05, 3.63) is 35.9 Å². The maximum atomic E-state index is 5.79. The van der Waals surface area contributed by atoms with Gasteiger partial charge >= 0.3 is 0 Å². The number of halogens is 1. The van der Waals surface area contributed by atoms with Gasteiger partial charge in [0.15, 0.2) is 0 Å². The molecule has 0 heterocycles. The number of alkyl halides is 1. The summed E-state index contributed by atoms with van der Waals surface area (Å²) in [6.07, 6.45) is 0. The summed E-state index contributed by atoms with van der Waals surface area (Å²) in [7, 11) is 0. The highest BCUT2D eigenvalue weighted by molar-refractivity contribution is 6.20. The molecule has 0 nitrogen and oxygen atoms in total. The second-order valence-corrected chi connectivity index (χ2v) is 2.60. The maximum absolute atomic E-state index is 5.79. The van der Waals surface area contributed by atoms with E-state index >= 15 is 0 Å². The summed E-state index contributed by atoms with van der Waals surface area (Å²) in [5, 5.41) is 0.111. The Bertz CT molecular complexity index is 167. The Labute approximate surface area is 60.5 Å². The Hall–Kier alpha value is -0.490. The Morgan fingerprint density at radius 2 is 2.00 bits per heavy atom. The Balaban J connectivity index is 2.85. The van der Waals surface area contributed by atoms with Crippen molar-refractivity contribution in [2.24, 2.45) is 0 Å². The number of benzene rings is 1. The molecule has 1 unspecified atom stereocenters. The minimum absolute atomic E-state index is 0.111. The number of hydrogen-bond acceptors (Lipinski definition) is 0. The second-order valence-electron chi connectivity index (χ2n) is 1.95. The van der Waals surface area contributed by atoms with Crippen LogP contribution in [0.1, 0.15) is 17.9 Å². The first-order valence-corrected chi connectivity index (χ1v) is 3.34. The lowest BCUT2D eigenvalue weighted by Gasteiger charge is -1.99.